The summed E-state index contributed by atoms with van der Waals surface area (Å²) < 4.78 is 13.0. The number of halogens is 1. The van der Waals surface area contributed by atoms with E-state index in [-0.39, 0.29) is 11.2 Å². The number of nitrogens with two attached hydrogens (primary N) is 1. The Balaban J connectivity index is 3.13. The molecule has 0 aromatic heterocycles. The molecule has 0 amide bonds. The van der Waals surface area contributed by atoms with Crippen LogP contribution in [0.2, 0.25) is 0 Å². The lowest BCUT2D eigenvalue weighted by Crippen LogP contribution is -2.28. The number of hydrogen-bond donors (Lipinski definition) is 1. The molecule has 0 unspecified atom stereocenters. The highest BCUT2D eigenvalue weighted by atomic mass is 19.1. The third-order valence-corrected chi connectivity index (χ3v) is 2.18. The standard InChI is InChI=1S/C12H17FN2/c1-8-5-6-9(13)7-10(8)15-11(14)12(2,3)4/h5-7H,1-4H3,(H2,14,15). The lowest BCUT2D eigenvalue weighted by Gasteiger charge is -2.17. The number of benzene rings is 1. The summed E-state index contributed by atoms with van der Waals surface area (Å²) in [5.74, 6) is 0.220. The zero-order valence-corrected chi connectivity index (χ0v) is 9.63. The highest BCUT2D eigenvalue weighted by molar-refractivity contribution is 5.88. The van der Waals surface area contributed by atoms with E-state index in [4.69, 9.17) is 5.73 Å². The van der Waals surface area contributed by atoms with Crippen LogP contribution >= 0.6 is 0 Å². The molecule has 0 saturated heterocycles. The first-order valence-electron chi connectivity index (χ1n) is 4.91. The Morgan fingerprint density at radius 1 is 1.33 bits per heavy atom. The van der Waals surface area contributed by atoms with Crippen LogP contribution in [0.15, 0.2) is 23.2 Å². The molecule has 1 aromatic carbocycles. The Labute approximate surface area is 90.0 Å². The van der Waals surface area contributed by atoms with Gasteiger partial charge < -0.3 is 5.73 Å². The fourth-order valence-corrected chi connectivity index (χ4v) is 1.00. The fourth-order valence-electron chi connectivity index (χ4n) is 1.00. The molecule has 0 aliphatic rings. The summed E-state index contributed by atoms with van der Waals surface area (Å²) in [6, 6.07) is 4.51. The van der Waals surface area contributed by atoms with E-state index in [1.807, 2.05) is 27.7 Å². The molecule has 1 aromatic rings. The van der Waals surface area contributed by atoms with Gasteiger partial charge in [0.15, 0.2) is 0 Å². The van der Waals surface area contributed by atoms with Gasteiger partial charge in [0.1, 0.15) is 11.7 Å². The minimum atomic E-state index is -0.291. The minimum absolute atomic E-state index is 0.196. The van der Waals surface area contributed by atoms with Crippen molar-refractivity contribution in [2.45, 2.75) is 27.7 Å². The van der Waals surface area contributed by atoms with Crippen LogP contribution in [-0.2, 0) is 0 Å². The van der Waals surface area contributed by atoms with E-state index in [9.17, 15) is 4.39 Å². The Bertz CT molecular complexity index is 389. The van der Waals surface area contributed by atoms with Crippen LogP contribution in [0.5, 0.6) is 0 Å². The second-order valence-corrected chi connectivity index (χ2v) is 4.68. The average molecular weight is 208 g/mol. The van der Waals surface area contributed by atoms with Gasteiger partial charge in [0.05, 0.1) is 5.69 Å². The van der Waals surface area contributed by atoms with E-state index in [1.54, 1.807) is 6.07 Å². The smallest absolute Gasteiger partial charge is 0.125 e. The summed E-state index contributed by atoms with van der Waals surface area (Å²) in [4.78, 5) is 4.25. The number of aliphatic imine (C=N–C) groups is 1. The van der Waals surface area contributed by atoms with E-state index in [0.29, 0.717) is 11.5 Å². The molecule has 0 aliphatic carbocycles. The summed E-state index contributed by atoms with van der Waals surface area (Å²) in [6.45, 7) is 7.80. The monoisotopic (exact) mass is 208 g/mol. The maximum Gasteiger partial charge on any atom is 0.125 e. The number of aryl methyl sites for hydroxylation is 1. The minimum Gasteiger partial charge on any atom is -0.387 e. The average Bonchev–Trinajstić information content (AvgIpc) is 2.09. The number of nitrogens with zero attached hydrogens (tertiary/aromatic N) is 1. The molecule has 82 valence electrons. The van der Waals surface area contributed by atoms with E-state index in [1.165, 1.54) is 12.1 Å². The first-order valence-corrected chi connectivity index (χ1v) is 4.91. The Morgan fingerprint density at radius 3 is 2.47 bits per heavy atom. The van der Waals surface area contributed by atoms with Crippen molar-refractivity contribution < 1.29 is 4.39 Å². The van der Waals surface area contributed by atoms with Gasteiger partial charge in [-0.3, -0.25) is 0 Å². The van der Waals surface area contributed by atoms with Crippen molar-refractivity contribution in [1.82, 2.24) is 0 Å². The third kappa shape index (κ3) is 3.05. The van der Waals surface area contributed by atoms with Crippen LogP contribution in [0.1, 0.15) is 26.3 Å². The molecular formula is C12H17FN2. The SMILES string of the molecule is Cc1ccc(F)cc1N=C(N)C(C)(C)C. The quantitative estimate of drug-likeness (QED) is 0.558. The molecule has 15 heavy (non-hydrogen) atoms. The highest BCUT2D eigenvalue weighted by Crippen LogP contribution is 2.22. The molecule has 3 heteroatoms. The van der Waals surface area contributed by atoms with Gasteiger partial charge in [0.25, 0.3) is 0 Å². The van der Waals surface area contributed by atoms with Crippen molar-refractivity contribution in [2.24, 2.45) is 16.1 Å². The van der Waals surface area contributed by atoms with Crippen molar-refractivity contribution in [3.63, 3.8) is 0 Å². The molecule has 0 radical (unpaired) electrons. The molecule has 0 atom stereocenters. The lowest BCUT2D eigenvalue weighted by molar-refractivity contribution is 0.585. The van der Waals surface area contributed by atoms with E-state index in [0.717, 1.165) is 5.56 Å². The van der Waals surface area contributed by atoms with Crippen LogP contribution in [-0.4, -0.2) is 5.84 Å². The molecule has 0 aliphatic heterocycles. The molecule has 0 spiro atoms. The molecular weight excluding hydrogens is 191 g/mol. The third-order valence-electron chi connectivity index (χ3n) is 2.18. The summed E-state index contributed by atoms with van der Waals surface area (Å²) in [6.07, 6.45) is 0. The predicted octanol–water partition coefficient (Wildman–Crippen LogP) is 3.17. The van der Waals surface area contributed by atoms with Gasteiger partial charge in [-0.15, -0.1) is 0 Å². The zero-order chi connectivity index (χ0) is 11.6. The second kappa shape index (κ2) is 4.01. The summed E-state index contributed by atoms with van der Waals surface area (Å²) in [7, 11) is 0. The largest absolute Gasteiger partial charge is 0.387 e. The molecule has 0 saturated carbocycles. The molecule has 0 bridgehead atoms. The predicted molar refractivity (Wildman–Crippen MR) is 61.9 cm³/mol. The van der Waals surface area contributed by atoms with Crippen LogP contribution in [0.3, 0.4) is 0 Å². The summed E-state index contributed by atoms with van der Waals surface area (Å²) in [5.41, 5.74) is 7.15. The molecule has 0 heterocycles. The topological polar surface area (TPSA) is 38.4 Å². The van der Waals surface area contributed by atoms with Gasteiger partial charge in [-0.25, -0.2) is 9.38 Å². The molecule has 2 N–H and O–H groups in total. The van der Waals surface area contributed by atoms with Gasteiger partial charge in [-0.05, 0) is 24.6 Å². The molecule has 1 rings (SSSR count). The van der Waals surface area contributed by atoms with Gasteiger partial charge >= 0.3 is 0 Å². The number of amidine groups is 1. The number of rotatable bonds is 1. The summed E-state index contributed by atoms with van der Waals surface area (Å²) in [5, 5.41) is 0. The first-order chi connectivity index (χ1) is 6.80. The maximum atomic E-state index is 13.0. The van der Waals surface area contributed by atoms with Crippen molar-refractivity contribution in [2.75, 3.05) is 0 Å². The van der Waals surface area contributed by atoms with Crippen molar-refractivity contribution in [3.8, 4) is 0 Å². The van der Waals surface area contributed by atoms with E-state index >= 15 is 0 Å². The van der Waals surface area contributed by atoms with Crippen molar-refractivity contribution in [1.29, 1.82) is 0 Å². The van der Waals surface area contributed by atoms with Crippen molar-refractivity contribution in [3.05, 3.63) is 29.6 Å². The van der Waals surface area contributed by atoms with Gasteiger partial charge in [0.2, 0.25) is 0 Å². The second-order valence-electron chi connectivity index (χ2n) is 4.68. The number of hydrogen-bond acceptors (Lipinski definition) is 1. The lowest BCUT2D eigenvalue weighted by atomic mass is 9.95. The van der Waals surface area contributed by atoms with Crippen LogP contribution < -0.4 is 5.73 Å². The Morgan fingerprint density at radius 2 is 1.93 bits per heavy atom. The van der Waals surface area contributed by atoms with E-state index < -0.39 is 0 Å². The molecule has 2 nitrogen and oxygen atoms in total. The zero-order valence-electron chi connectivity index (χ0n) is 9.63. The maximum absolute atomic E-state index is 13.0. The van der Waals surface area contributed by atoms with Crippen LogP contribution in [0.4, 0.5) is 10.1 Å². The van der Waals surface area contributed by atoms with Crippen LogP contribution in [0.25, 0.3) is 0 Å². The highest BCUT2D eigenvalue weighted by Gasteiger charge is 2.15. The fraction of sp³-hybridized carbons (Fsp3) is 0.417. The van der Waals surface area contributed by atoms with Crippen LogP contribution in [0, 0.1) is 18.2 Å². The Hall–Kier alpha value is -1.38. The molecule has 0 fully saturated rings. The summed E-state index contributed by atoms with van der Waals surface area (Å²) >= 11 is 0. The van der Waals surface area contributed by atoms with Gasteiger partial charge in [-0.1, -0.05) is 26.8 Å². The normalized spacial score (nSPS) is 13.0. The van der Waals surface area contributed by atoms with Gasteiger partial charge in [-0.2, -0.15) is 0 Å². The Kier molecular flexibility index (Phi) is 3.12. The van der Waals surface area contributed by atoms with Gasteiger partial charge in [0, 0.05) is 5.41 Å². The first kappa shape index (κ1) is 11.7. The van der Waals surface area contributed by atoms with E-state index in [2.05, 4.69) is 4.99 Å². The van der Waals surface area contributed by atoms with Crippen molar-refractivity contribution >= 4 is 11.5 Å².